The molecular formula is C15H19NO4. The molecule has 20 heavy (non-hydrogen) atoms. The lowest BCUT2D eigenvalue weighted by Gasteiger charge is -2.17. The van der Waals surface area contributed by atoms with Crippen molar-refractivity contribution in [2.24, 2.45) is 23.7 Å². The highest BCUT2D eigenvalue weighted by Gasteiger charge is 2.57. The minimum absolute atomic E-state index is 0.0355. The van der Waals surface area contributed by atoms with Gasteiger partial charge >= 0.3 is 5.97 Å². The van der Waals surface area contributed by atoms with Crippen molar-refractivity contribution < 1.29 is 19.1 Å². The zero-order valence-corrected chi connectivity index (χ0v) is 11.6. The average molecular weight is 277 g/mol. The fourth-order valence-corrected chi connectivity index (χ4v) is 3.26. The van der Waals surface area contributed by atoms with E-state index in [0.29, 0.717) is 6.42 Å². The minimum atomic E-state index is -0.556. The van der Waals surface area contributed by atoms with Gasteiger partial charge in [0.2, 0.25) is 11.8 Å². The van der Waals surface area contributed by atoms with Gasteiger partial charge in [-0.15, -0.1) is 13.2 Å². The van der Waals surface area contributed by atoms with Gasteiger partial charge in [0.15, 0.2) is 0 Å². The maximum Gasteiger partial charge on any atom is 0.326 e. The molecule has 1 aliphatic carbocycles. The zero-order valence-electron chi connectivity index (χ0n) is 11.6. The number of nitrogens with zero attached hydrogens (tertiary/aromatic N) is 1. The van der Waals surface area contributed by atoms with Crippen LogP contribution in [-0.2, 0) is 19.1 Å². The van der Waals surface area contributed by atoms with E-state index in [9.17, 15) is 14.4 Å². The van der Waals surface area contributed by atoms with Gasteiger partial charge in [-0.05, 0) is 25.2 Å². The fraction of sp³-hybridized carbons (Fsp3) is 0.533. The molecule has 2 amide bonds. The summed E-state index contributed by atoms with van der Waals surface area (Å²) in [7, 11) is 0. The Morgan fingerprint density at radius 2 is 1.75 bits per heavy atom. The third-order valence-electron chi connectivity index (χ3n) is 4.15. The van der Waals surface area contributed by atoms with Gasteiger partial charge in [0.05, 0.1) is 18.4 Å². The van der Waals surface area contributed by atoms with Crippen LogP contribution in [-0.4, -0.2) is 35.8 Å². The smallest absolute Gasteiger partial charge is 0.326 e. The van der Waals surface area contributed by atoms with E-state index in [4.69, 9.17) is 4.74 Å². The van der Waals surface area contributed by atoms with Crippen LogP contribution in [0.25, 0.3) is 0 Å². The topological polar surface area (TPSA) is 63.7 Å². The summed E-state index contributed by atoms with van der Waals surface area (Å²) in [6.45, 7) is 9.09. The Bertz CT molecular complexity index is 438. The number of esters is 1. The summed E-state index contributed by atoms with van der Waals surface area (Å²) in [6, 6.07) is 0. The highest BCUT2D eigenvalue weighted by atomic mass is 16.5. The first-order chi connectivity index (χ1) is 9.54. The second kappa shape index (κ2) is 5.61. The third-order valence-corrected chi connectivity index (χ3v) is 4.15. The van der Waals surface area contributed by atoms with Crippen LogP contribution in [0.4, 0.5) is 0 Å². The number of carbonyl (C=O) groups excluding carboxylic acids is 3. The summed E-state index contributed by atoms with van der Waals surface area (Å²) >= 11 is 0. The van der Waals surface area contributed by atoms with Gasteiger partial charge in [-0.1, -0.05) is 12.2 Å². The normalized spacial score (nSPS) is 32.1. The van der Waals surface area contributed by atoms with Gasteiger partial charge in [-0.3, -0.25) is 19.3 Å². The van der Waals surface area contributed by atoms with Gasteiger partial charge < -0.3 is 4.74 Å². The van der Waals surface area contributed by atoms with E-state index in [1.165, 1.54) is 0 Å². The van der Waals surface area contributed by atoms with Crippen molar-refractivity contribution in [1.29, 1.82) is 0 Å². The molecule has 4 atom stereocenters. The van der Waals surface area contributed by atoms with Crippen molar-refractivity contribution in [3.8, 4) is 0 Å². The molecule has 0 aromatic heterocycles. The number of rotatable bonds is 5. The molecule has 2 aliphatic rings. The number of likely N-dealkylation sites (tertiary alicyclic amines) is 1. The number of carbonyl (C=O) groups is 3. The number of imide groups is 1. The highest BCUT2D eigenvalue weighted by molar-refractivity contribution is 6.07. The van der Waals surface area contributed by atoms with Crippen molar-refractivity contribution in [1.82, 2.24) is 4.90 Å². The monoisotopic (exact) mass is 277 g/mol. The molecule has 1 heterocycles. The van der Waals surface area contributed by atoms with E-state index in [1.807, 2.05) is 0 Å². The molecule has 0 radical (unpaired) electrons. The van der Waals surface area contributed by atoms with Crippen LogP contribution in [0.1, 0.15) is 13.3 Å². The number of hydrogen-bond acceptors (Lipinski definition) is 4. The molecule has 0 aromatic carbocycles. The standard InChI is InChI=1S/C15H19NO4/c1-4-9-7-10(5-2)13-12(9)14(18)16(15(13)19)8-11(17)20-6-3/h4-5,9-10,12-13H,1-2,6-8H2,3H3. The summed E-state index contributed by atoms with van der Waals surface area (Å²) in [4.78, 5) is 37.3. The number of ether oxygens (including phenoxy) is 1. The third kappa shape index (κ3) is 2.17. The Balaban J connectivity index is 2.21. The van der Waals surface area contributed by atoms with Crippen molar-refractivity contribution in [2.45, 2.75) is 13.3 Å². The van der Waals surface area contributed by atoms with Crippen molar-refractivity contribution in [2.75, 3.05) is 13.2 Å². The molecule has 4 unspecified atom stereocenters. The largest absolute Gasteiger partial charge is 0.465 e. The van der Waals surface area contributed by atoms with Crippen LogP contribution >= 0.6 is 0 Å². The molecule has 5 heteroatoms. The zero-order chi connectivity index (χ0) is 14.9. The number of fused-ring (bicyclic) bond motifs is 1. The molecule has 0 spiro atoms. The van der Waals surface area contributed by atoms with Crippen LogP contribution in [0.15, 0.2) is 25.3 Å². The van der Waals surface area contributed by atoms with Crippen LogP contribution in [0.3, 0.4) is 0 Å². The second-order valence-corrected chi connectivity index (χ2v) is 5.15. The van der Waals surface area contributed by atoms with Crippen molar-refractivity contribution >= 4 is 17.8 Å². The summed E-state index contributed by atoms with van der Waals surface area (Å²) in [5, 5.41) is 0. The predicted octanol–water partition coefficient (Wildman–Crippen LogP) is 1.16. The molecule has 2 rings (SSSR count). The molecule has 108 valence electrons. The van der Waals surface area contributed by atoms with E-state index < -0.39 is 17.8 Å². The Kier molecular flexibility index (Phi) is 4.06. The number of allylic oxidation sites excluding steroid dienone is 2. The molecule has 5 nitrogen and oxygen atoms in total. The Labute approximate surface area is 118 Å². The molecule has 0 bridgehead atoms. The molecule has 1 saturated carbocycles. The fourth-order valence-electron chi connectivity index (χ4n) is 3.26. The van der Waals surface area contributed by atoms with Gasteiger partial charge in [0.25, 0.3) is 0 Å². The molecule has 0 aromatic rings. The SMILES string of the molecule is C=CC1CC(C=C)C2C(=O)N(CC(=O)OCC)C(=O)C12. The van der Waals surface area contributed by atoms with E-state index in [-0.39, 0.29) is 36.8 Å². The Morgan fingerprint density at radius 1 is 1.25 bits per heavy atom. The summed E-state index contributed by atoms with van der Waals surface area (Å²) in [5.41, 5.74) is 0. The van der Waals surface area contributed by atoms with Crippen LogP contribution < -0.4 is 0 Å². The summed E-state index contributed by atoms with van der Waals surface area (Å²) in [6.07, 6.45) is 4.16. The van der Waals surface area contributed by atoms with E-state index >= 15 is 0 Å². The van der Waals surface area contributed by atoms with Crippen LogP contribution in [0.5, 0.6) is 0 Å². The van der Waals surface area contributed by atoms with Gasteiger partial charge in [0, 0.05) is 0 Å². The first-order valence-corrected chi connectivity index (χ1v) is 6.81. The lowest BCUT2D eigenvalue weighted by atomic mass is 9.89. The van der Waals surface area contributed by atoms with Gasteiger partial charge in [-0.25, -0.2) is 0 Å². The molecular weight excluding hydrogens is 258 g/mol. The predicted molar refractivity (Wildman–Crippen MR) is 72.3 cm³/mol. The molecule has 1 saturated heterocycles. The lowest BCUT2D eigenvalue weighted by Crippen LogP contribution is -2.38. The lowest BCUT2D eigenvalue weighted by molar-refractivity contribution is -0.153. The molecule has 0 N–H and O–H groups in total. The van der Waals surface area contributed by atoms with E-state index in [1.54, 1.807) is 19.1 Å². The van der Waals surface area contributed by atoms with Crippen molar-refractivity contribution in [3.63, 3.8) is 0 Å². The molecule has 1 aliphatic heterocycles. The van der Waals surface area contributed by atoms with Crippen LogP contribution in [0.2, 0.25) is 0 Å². The first kappa shape index (κ1) is 14.5. The number of amides is 2. The summed E-state index contributed by atoms with van der Waals surface area (Å²) in [5.74, 6) is -2.02. The Hall–Kier alpha value is -1.91. The minimum Gasteiger partial charge on any atom is -0.465 e. The van der Waals surface area contributed by atoms with Gasteiger partial charge in [0.1, 0.15) is 6.54 Å². The average Bonchev–Trinajstić information content (AvgIpc) is 2.91. The highest BCUT2D eigenvalue weighted by Crippen LogP contribution is 2.48. The number of hydrogen-bond donors (Lipinski definition) is 0. The maximum absolute atomic E-state index is 12.4. The second-order valence-electron chi connectivity index (χ2n) is 5.15. The first-order valence-electron chi connectivity index (χ1n) is 6.81. The summed E-state index contributed by atoms with van der Waals surface area (Å²) < 4.78 is 4.80. The molecule has 2 fully saturated rings. The quantitative estimate of drug-likeness (QED) is 0.430. The van der Waals surface area contributed by atoms with Crippen LogP contribution in [0, 0.1) is 23.7 Å². The maximum atomic E-state index is 12.4. The Morgan fingerprint density at radius 3 is 2.15 bits per heavy atom. The van der Waals surface area contributed by atoms with Gasteiger partial charge in [-0.2, -0.15) is 0 Å². The van der Waals surface area contributed by atoms with E-state index in [2.05, 4.69) is 13.2 Å². The van der Waals surface area contributed by atoms with Crippen molar-refractivity contribution in [3.05, 3.63) is 25.3 Å². The van der Waals surface area contributed by atoms with E-state index in [0.717, 1.165) is 4.90 Å².